The predicted molar refractivity (Wildman–Crippen MR) is 66.2 cm³/mol. The molecule has 0 rings (SSSR count). The molecular weight excluding hydrogens is 188 g/mol. The Balaban J connectivity index is 3.99. The maximum Gasteiger partial charge on any atom is 0.0791 e. The molecule has 0 fully saturated rings. The summed E-state index contributed by atoms with van der Waals surface area (Å²) in [7, 11) is 3.96. The van der Waals surface area contributed by atoms with Crippen molar-refractivity contribution in [2.24, 2.45) is 0 Å². The minimum absolute atomic E-state index is 0.216. The number of nitrogens with zero attached hydrogens (tertiary/aromatic N) is 1. The molecule has 0 saturated carbocycles. The molecule has 0 aliphatic carbocycles. The average molecular weight is 216 g/mol. The fourth-order valence-electron chi connectivity index (χ4n) is 1.95. The van der Waals surface area contributed by atoms with Gasteiger partial charge in [-0.1, -0.05) is 20.8 Å². The second-order valence-corrected chi connectivity index (χ2v) is 4.64. The van der Waals surface area contributed by atoms with Crippen molar-refractivity contribution in [2.75, 3.05) is 27.2 Å². The van der Waals surface area contributed by atoms with Crippen LogP contribution in [0.2, 0.25) is 0 Å². The molecule has 3 heteroatoms. The maximum absolute atomic E-state index is 9.77. The average Bonchev–Trinajstić information content (AvgIpc) is 2.20. The summed E-state index contributed by atoms with van der Waals surface area (Å²) in [5.41, 5.74) is 0.216. The zero-order valence-corrected chi connectivity index (χ0v) is 11.0. The monoisotopic (exact) mass is 216 g/mol. The highest BCUT2D eigenvalue weighted by molar-refractivity contribution is 4.84. The molecule has 0 heterocycles. The molecule has 0 aliphatic rings. The van der Waals surface area contributed by atoms with E-state index in [0.717, 1.165) is 25.8 Å². The summed E-state index contributed by atoms with van der Waals surface area (Å²) in [6.45, 7) is 8.03. The van der Waals surface area contributed by atoms with Gasteiger partial charge in [0.05, 0.1) is 6.10 Å². The normalized spacial score (nSPS) is 14.6. The maximum atomic E-state index is 9.77. The van der Waals surface area contributed by atoms with E-state index in [2.05, 4.69) is 26.1 Å². The zero-order valence-electron chi connectivity index (χ0n) is 11.0. The largest absolute Gasteiger partial charge is 0.390 e. The Morgan fingerprint density at radius 1 is 1.13 bits per heavy atom. The molecule has 0 aromatic carbocycles. The number of aliphatic hydroxyl groups excluding tert-OH is 1. The van der Waals surface area contributed by atoms with Crippen LogP contribution in [-0.2, 0) is 0 Å². The van der Waals surface area contributed by atoms with E-state index in [4.69, 9.17) is 0 Å². The first kappa shape index (κ1) is 14.9. The van der Waals surface area contributed by atoms with E-state index in [1.165, 1.54) is 0 Å². The van der Waals surface area contributed by atoms with Gasteiger partial charge in [-0.25, -0.2) is 0 Å². The fourth-order valence-corrected chi connectivity index (χ4v) is 1.95. The topological polar surface area (TPSA) is 35.5 Å². The van der Waals surface area contributed by atoms with Gasteiger partial charge in [-0.2, -0.15) is 0 Å². The van der Waals surface area contributed by atoms with Crippen molar-refractivity contribution in [3.05, 3.63) is 0 Å². The Bertz CT molecular complexity index is 147. The lowest BCUT2D eigenvalue weighted by Gasteiger charge is -2.33. The second kappa shape index (κ2) is 7.20. The van der Waals surface area contributed by atoms with Gasteiger partial charge in [0, 0.05) is 18.6 Å². The highest BCUT2D eigenvalue weighted by atomic mass is 16.3. The molecule has 0 saturated heterocycles. The lowest BCUT2D eigenvalue weighted by molar-refractivity contribution is 0.119. The van der Waals surface area contributed by atoms with E-state index < -0.39 is 0 Å². The predicted octanol–water partition coefficient (Wildman–Crippen LogP) is 1.47. The van der Waals surface area contributed by atoms with Crippen LogP contribution in [0.15, 0.2) is 0 Å². The molecule has 2 N–H and O–H groups in total. The molecular formula is C12H28N2O. The summed E-state index contributed by atoms with van der Waals surface area (Å²) in [5, 5.41) is 13.3. The van der Waals surface area contributed by atoms with Crippen LogP contribution in [0.5, 0.6) is 0 Å². The van der Waals surface area contributed by atoms with Gasteiger partial charge in [0.25, 0.3) is 0 Å². The van der Waals surface area contributed by atoms with Gasteiger partial charge in [0.15, 0.2) is 0 Å². The minimum Gasteiger partial charge on any atom is -0.390 e. The third-order valence-corrected chi connectivity index (χ3v) is 3.32. The van der Waals surface area contributed by atoms with Gasteiger partial charge in [-0.15, -0.1) is 0 Å². The van der Waals surface area contributed by atoms with Crippen LogP contribution in [0.3, 0.4) is 0 Å². The fraction of sp³-hybridized carbons (Fsp3) is 1.00. The molecule has 92 valence electrons. The van der Waals surface area contributed by atoms with Crippen LogP contribution >= 0.6 is 0 Å². The highest BCUT2D eigenvalue weighted by Gasteiger charge is 2.23. The molecule has 0 aliphatic heterocycles. The number of nitrogens with one attached hydrogen (secondary N) is 1. The van der Waals surface area contributed by atoms with Crippen LogP contribution in [0.1, 0.15) is 40.0 Å². The first-order valence-electron chi connectivity index (χ1n) is 6.07. The smallest absolute Gasteiger partial charge is 0.0791 e. The third-order valence-electron chi connectivity index (χ3n) is 3.32. The second-order valence-electron chi connectivity index (χ2n) is 4.64. The number of hydrogen-bond acceptors (Lipinski definition) is 3. The summed E-state index contributed by atoms with van der Waals surface area (Å²) in [5.74, 6) is 0. The van der Waals surface area contributed by atoms with Crippen molar-refractivity contribution >= 4 is 0 Å². The number of β-amino-alcohol motifs (C(OH)–C–C–N with tert-alkyl or cyclic N) is 1. The van der Waals surface area contributed by atoms with Crippen LogP contribution in [0.25, 0.3) is 0 Å². The highest BCUT2D eigenvalue weighted by Crippen LogP contribution is 2.18. The molecule has 1 unspecified atom stereocenters. The van der Waals surface area contributed by atoms with Crippen LogP contribution in [-0.4, -0.2) is 48.8 Å². The van der Waals surface area contributed by atoms with Crippen molar-refractivity contribution in [1.29, 1.82) is 0 Å². The molecule has 0 bridgehead atoms. The summed E-state index contributed by atoms with van der Waals surface area (Å²) in [6.07, 6.45) is 3.09. The van der Waals surface area contributed by atoms with Gasteiger partial charge in [-0.05, 0) is 33.4 Å². The number of aliphatic hydroxyl groups is 1. The Labute approximate surface area is 94.9 Å². The zero-order chi connectivity index (χ0) is 11.9. The van der Waals surface area contributed by atoms with Gasteiger partial charge < -0.3 is 15.3 Å². The molecule has 0 aromatic rings. The molecule has 0 radical (unpaired) electrons. The van der Waals surface area contributed by atoms with E-state index >= 15 is 0 Å². The van der Waals surface area contributed by atoms with E-state index in [1.807, 2.05) is 19.0 Å². The lowest BCUT2D eigenvalue weighted by atomic mass is 9.89. The number of likely N-dealkylation sites (N-methyl/N-ethyl adjacent to an activating group) is 1. The Morgan fingerprint density at radius 2 is 1.60 bits per heavy atom. The van der Waals surface area contributed by atoms with Crippen molar-refractivity contribution in [3.63, 3.8) is 0 Å². The van der Waals surface area contributed by atoms with Gasteiger partial charge >= 0.3 is 0 Å². The quantitative estimate of drug-likeness (QED) is 0.645. The van der Waals surface area contributed by atoms with Crippen LogP contribution in [0, 0.1) is 0 Å². The molecule has 0 aromatic heterocycles. The molecule has 0 amide bonds. The van der Waals surface area contributed by atoms with E-state index in [-0.39, 0.29) is 11.6 Å². The first-order chi connectivity index (χ1) is 6.99. The number of hydrogen-bond donors (Lipinski definition) is 2. The van der Waals surface area contributed by atoms with E-state index in [1.54, 1.807) is 0 Å². The summed E-state index contributed by atoms with van der Waals surface area (Å²) >= 11 is 0. The van der Waals surface area contributed by atoms with Crippen molar-refractivity contribution in [2.45, 2.75) is 51.7 Å². The van der Waals surface area contributed by atoms with E-state index in [9.17, 15) is 5.11 Å². The van der Waals surface area contributed by atoms with Crippen molar-refractivity contribution in [3.8, 4) is 0 Å². The lowest BCUT2D eigenvalue weighted by Crippen LogP contribution is -2.48. The van der Waals surface area contributed by atoms with Crippen LogP contribution < -0.4 is 5.32 Å². The van der Waals surface area contributed by atoms with Gasteiger partial charge in [0.2, 0.25) is 0 Å². The Kier molecular flexibility index (Phi) is 7.14. The SMILES string of the molecule is CCC(CC)(CC)NCC(O)CN(C)C. The van der Waals surface area contributed by atoms with Gasteiger partial charge in [-0.3, -0.25) is 0 Å². The van der Waals surface area contributed by atoms with Gasteiger partial charge in [0.1, 0.15) is 0 Å². The third kappa shape index (κ3) is 5.50. The number of rotatable bonds is 8. The summed E-state index contributed by atoms with van der Waals surface area (Å²) < 4.78 is 0. The van der Waals surface area contributed by atoms with E-state index in [0.29, 0.717) is 6.54 Å². The molecule has 3 nitrogen and oxygen atoms in total. The van der Waals surface area contributed by atoms with Crippen molar-refractivity contribution < 1.29 is 5.11 Å². The summed E-state index contributed by atoms with van der Waals surface area (Å²) in [6, 6.07) is 0. The minimum atomic E-state index is -0.274. The molecule has 1 atom stereocenters. The van der Waals surface area contributed by atoms with Crippen LogP contribution in [0.4, 0.5) is 0 Å². The molecule has 15 heavy (non-hydrogen) atoms. The molecule has 0 spiro atoms. The standard InChI is InChI=1S/C12H28N2O/c1-6-12(7-2,8-3)13-9-11(15)10-14(4)5/h11,13,15H,6-10H2,1-5H3. The van der Waals surface area contributed by atoms with Crippen molar-refractivity contribution in [1.82, 2.24) is 10.2 Å². The summed E-state index contributed by atoms with van der Waals surface area (Å²) in [4.78, 5) is 2.01. The Morgan fingerprint density at radius 3 is 1.93 bits per heavy atom. The first-order valence-corrected chi connectivity index (χ1v) is 6.07. The Hall–Kier alpha value is -0.120.